The van der Waals surface area contributed by atoms with Gasteiger partial charge in [-0.25, -0.2) is 0 Å². The summed E-state index contributed by atoms with van der Waals surface area (Å²) in [5.41, 5.74) is 1.44. The van der Waals surface area contributed by atoms with Crippen LogP contribution in [0, 0.1) is 10.1 Å². The lowest BCUT2D eigenvalue weighted by Gasteiger charge is -2.18. The highest BCUT2D eigenvalue weighted by molar-refractivity contribution is 7.87. The van der Waals surface area contributed by atoms with Crippen LogP contribution in [0.3, 0.4) is 0 Å². The molecule has 1 amide bonds. The van der Waals surface area contributed by atoms with Crippen molar-refractivity contribution in [3.8, 4) is 16.2 Å². The van der Waals surface area contributed by atoms with Crippen LogP contribution in [0.4, 0.5) is 11.4 Å². The van der Waals surface area contributed by atoms with E-state index in [0.29, 0.717) is 28.1 Å². The second-order valence-electron chi connectivity index (χ2n) is 6.32. The maximum atomic E-state index is 12.9. The van der Waals surface area contributed by atoms with Crippen molar-refractivity contribution in [3.63, 3.8) is 0 Å². The summed E-state index contributed by atoms with van der Waals surface area (Å²) in [5.74, 6) is -0.111. The lowest BCUT2D eigenvalue weighted by Crippen LogP contribution is -2.19. The van der Waals surface area contributed by atoms with Crippen LogP contribution in [-0.2, 0) is 21.3 Å². The molecule has 0 atom stereocenters. The lowest BCUT2D eigenvalue weighted by atomic mass is 10.0. The fourth-order valence-electron chi connectivity index (χ4n) is 3.01. The molecule has 10 heteroatoms. The molecule has 2 heterocycles. The molecule has 0 fully saturated rings. The Balaban J connectivity index is 1.72. The van der Waals surface area contributed by atoms with E-state index in [9.17, 15) is 23.3 Å². The first-order valence-corrected chi connectivity index (χ1v) is 10.8. The maximum absolute atomic E-state index is 12.9. The molecule has 0 unspecified atom stereocenters. The topological polar surface area (TPSA) is 116 Å². The molecule has 1 aliphatic heterocycles. The van der Waals surface area contributed by atoms with E-state index >= 15 is 0 Å². The summed E-state index contributed by atoms with van der Waals surface area (Å²) >= 11 is 1.31. The summed E-state index contributed by atoms with van der Waals surface area (Å²) in [7, 11) is -4.18. The Hall–Kier alpha value is -3.24. The Morgan fingerprint density at radius 1 is 1.10 bits per heavy atom. The van der Waals surface area contributed by atoms with Crippen LogP contribution >= 0.6 is 11.3 Å². The number of carbonyl (C=O) groups excluding carboxylic acids is 1. The van der Waals surface area contributed by atoms with Gasteiger partial charge in [-0.1, -0.05) is 6.07 Å². The summed E-state index contributed by atoms with van der Waals surface area (Å²) in [6.45, 7) is 0. The van der Waals surface area contributed by atoms with E-state index in [0.717, 1.165) is 0 Å². The van der Waals surface area contributed by atoms with Gasteiger partial charge >= 0.3 is 10.1 Å². The number of rotatable bonds is 5. The van der Waals surface area contributed by atoms with E-state index in [1.165, 1.54) is 47.7 Å². The third-order valence-electron chi connectivity index (χ3n) is 4.42. The second kappa shape index (κ2) is 7.30. The molecule has 1 aromatic heterocycles. The van der Waals surface area contributed by atoms with E-state index in [1.807, 2.05) is 0 Å². The zero-order valence-corrected chi connectivity index (χ0v) is 16.5. The predicted octanol–water partition coefficient (Wildman–Crippen LogP) is 3.98. The van der Waals surface area contributed by atoms with Crippen LogP contribution in [0.25, 0.3) is 10.4 Å². The third-order valence-corrected chi connectivity index (χ3v) is 6.55. The van der Waals surface area contributed by atoms with Gasteiger partial charge in [0.1, 0.15) is 4.90 Å². The summed E-state index contributed by atoms with van der Waals surface area (Å²) in [5, 5.41) is 15.6. The fraction of sp³-hybridized carbons (Fsp3) is 0.105. The lowest BCUT2D eigenvalue weighted by molar-refractivity contribution is -0.384. The summed E-state index contributed by atoms with van der Waals surface area (Å²) < 4.78 is 31.1. The van der Waals surface area contributed by atoms with Gasteiger partial charge < -0.3 is 9.50 Å². The Morgan fingerprint density at radius 3 is 2.66 bits per heavy atom. The molecule has 29 heavy (non-hydrogen) atoms. The van der Waals surface area contributed by atoms with Crippen LogP contribution in [-0.4, -0.2) is 19.2 Å². The van der Waals surface area contributed by atoms with Crippen LogP contribution < -0.4 is 9.50 Å². The number of nitro benzene ring substituents is 1. The number of hydrogen-bond acceptors (Lipinski definition) is 7. The molecule has 2 aromatic carbocycles. The number of nitrogens with zero attached hydrogens (tertiary/aromatic N) is 1. The molecule has 0 radical (unpaired) electrons. The number of amides is 1. The molecule has 0 aliphatic carbocycles. The Bertz CT molecular complexity index is 1220. The van der Waals surface area contributed by atoms with Crippen molar-refractivity contribution in [2.75, 3.05) is 5.32 Å². The normalized spacial score (nSPS) is 13.4. The molecule has 1 N–H and O–H groups in total. The zero-order chi connectivity index (χ0) is 20.6. The van der Waals surface area contributed by atoms with Gasteiger partial charge in [-0.3, -0.25) is 14.9 Å². The highest BCUT2D eigenvalue weighted by Crippen LogP contribution is 2.37. The third kappa shape index (κ3) is 3.84. The highest BCUT2D eigenvalue weighted by atomic mass is 32.2. The number of fused-ring (bicyclic) bond motifs is 1. The smallest absolute Gasteiger partial charge is 0.339 e. The first kappa shape index (κ1) is 19.1. The molecular formula is C19H14N2O6S2. The van der Waals surface area contributed by atoms with Crippen molar-refractivity contribution in [1.29, 1.82) is 0 Å². The standard InChI is InChI=1S/C19H14N2O6S2/c22-19-8-3-12-10-14(5-6-16(12)20-19)29(25,26)27-17-7-4-13(21(23)24)11-15(17)18-2-1-9-28-18/h1-2,4-7,9-11H,3,8H2,(H,20,22). The minimum atomic E-state index is -4.18. The number of aryl methyl sites for hydroxylation is 1. The van der Waals surface area contributed by atoms with Crippen molar-refractivity contribution in [2.45, 2.75) is 17.7 Å². The maximum Gasteiger partial charge on any atom is 0.339 e. The van der Waals surface area contributed by atoms with Gasteiger partial charge in [0, 0.05) is 34.7 Å². The molecule has 3 aromatic rings. The van der Waals surface area contributed by atoms with E-state index in [4.69, 9.17) is 4.18 Å². The Labute approximate surface area is 170 Å². The average Bonchev–Trinajstić information content (AvgIpc) is 3.22. The largest absolute Gasteiger partial charge is 0.378 e. The Morgan fingerprint density at radius 2 is 1.93 bits per heavy atom. The first-order chi connectivity index (χ1) is 13.8. The summed E-state index contributed by atoms with van der Waals surface area (Å²) in [6, 6.07) is 11.6. The number of anilines is 1. The van der Waals surface area contributed by atoms with Gasteiger partial charge in [-0.05, 0) is 47.7 Å². The van der Waals surface area contributed by atoms with Gasteiger partial charge in [-0.2, -0.15) is 8.42 Å². The monoisotopic (exact) mass is 430 g/mol. The van der Waals surface area contributed by atoms with Gasteiger partial charge in [0.25, 0.3) is 5.69 Å². The quantitative estimate of drug-likeness (QED) is 0.372. The van der Waals surface area contributed by atoms with Crippen molar-refractivity contribution < 1.29 is 22.3 Å². The van der Waals surface area contributed by atoms with Gasteiger partial charge in [-0.15, -0.1) is 11.3 Å². The number of carbonyl (C=O) groups is 1. The fourth-order valence-corrected chi connectivity index (χ4v) is 4.76. The van der Waals surface area contributed by atoms with Crippen LogP contribution in [0.5, 0.6) is 5.75 Å². The molecule has 0 saturated carbocycles. The molecule has 0 spiro atoms. The summed E-state index contributed by atoms with van der Waals surface area (Å²) in [4.78, 5) is 22.6. The number of nitrogens with one attached hydrogen (secondary N) is 1. The average molecular weight is 430 g/mol. The molecular weight excluding hydrogens is 416 g/mol. The highest BCUT2D eigenvalue weighted by Gasteiger charge is 2.24. The molecule has 4 rings (SSSR count). The Kier molecular flexibility index (Phi) is 4.81. The molecule has 148 valence electrons. The minimum Gasteiger partial charge on any atom is -0.378 e. The van der Waals surface area contributed by atoms with Gasteiger partial charge in [0.05, 0.1) is 4.92 Å². The minimum absolute atomic E-state index is 0.00377. The molecule has 8 nitrogen and oxygen atoms in total. The second-order valence-corrected chi connectivity index (χ2v) is 8.81. The zero-order valence-electron chi connectivity index (χ0n) is 14.8. The predicted molar refractivity (Wildman–Crippen MR) is 108 cm³/mol. The van der Waals surface area contributed by atoms with Crippen molar-refractivity contribution in [3.05, 3.63) is 69.6 Å². The number of hydrogen-bond donors (Lipinski definition) is 1. The van der Waals surface area contributed by atoms with E-state index in [2.05, 4.69) is 5.32 Å². The van der Waals surface area contributed by atoms with E-state index in [1.54, 1.807) is 17.5 Å². The van der Waals surface area contributed by atoms with Crippen LogP contribution in [0.15, 0.2) is 58.8 Å². The summed E-state index contributed by atoms with van der Waals surface area (Å²) in [6.07, 6.45) is 0.713. The van der Waals surface area contributed by atoms with Gasteiger partial charge in [0.2, 0.25) is 5.91 Å². The number of nitro groups is 1. The number of thiophene rings is 1. The molecule has 0 saturated heterocycles. The molecule has 1 aliphatic rings. The molecule has 0 bridgehead atoms. The van der Waals surface area contributed by atoms with Crippen molar-refractivity contribution >= 4 is 38.7 Å². The van der Waals surface area contributed by atoms with Crippen molar-refractivity contribution in [1.82, 2.24) is 0 Å². The van der Waals surface area contributed by atoms with E-state index < -0.39 is 15.0 Å². The van der Waals surface area contributed by atoms with Crippen LogP contribution in [0.1, 0.15) is 12.0 Å². The van der Waals surface area contributed by atoms with Crippen LogP contribution in [0.2, 0.25) is 0 Å². The number of benzene rings is 2. The first-order valence-electron chi connectivity index (χ1n) is 8.53. The SMILES string of the molecule is O=C1CCc2cc(S(=O)(=O)Oc3ccc([N+](=O)[O-])cc3-c3cccs3)ccc2N1. The number of non-ortho nitro benzene ring substituents is 1. The van der Waals surface area contributed by atoms with E-state index in [-0.39, 0.29) is 28.7 Å². The van der Waals surface area contributed by atoms with Crippen molar-refractivity contribution in [2.24, 2.45) is 0 Å². The van der Waals surface area contributed by atoms with Gasteiger partial charge in [0.15, 0.2) is 5.75 Å².